The fourth-order valence-corrected chi connectivity index (χ4v) is 1.35. The Kier molecular flexibility index (Phi) is 6.54. The van der Waals surface area contributed by atoms with Crippen LogP contribution in [0, 0.1) is 5.41 Å². The molecule has 0 fully saturated rings. The number of amides is 1. The lowest BCUT2D eigenvalue weighted by atomic mass is 9.87. The molecule has 3 N–H and O–H groups in total. The van der Waals surface area contributed by atoms with Gasteiger partial charge >= 0.3 is 0 Å². The van der Waals surface area contributed by atoms with Crippen LogP contribution in [-0.2, 0) is 4.79 Å². The summed E-state index contributed by atoms with van der Waals surface area (Å²) in [5.41, 5.74) is 5.41. The fourth-order valence-electron chi connectivity index (χ4n) is 1.35. The maximum Gasteiger partial charge on any atom is 0.233 e. The topological polar surface area (TPSA) is 55.1 Å². The average Bonchev–Trinajstić information content (AvgIpc) is 2.14. The van der Waals surface area contributed by atoms with E-state index >= 15 is 0 Å². The van der Waals surface area contributed by atoms with Crippen molar-refractivity contribution in [3.63, 3.8) is 0 Å². The van der Waals surface area contributed by atoms with Crippen LogP contribution in [0.2, 0.25) is 0 Å². The van der Waals surface area contributed by atoms with E-state index in [0.717, 1.165) is 13.0 Å². The Labute approximate surface area is 87.4 Å². The van der Waals surface area contributed by atoms with E-state index in [1.807, 2.05) is 0 Å². The van der Waals surface area contributed by atoms with E-state index in [1.54, 1.807) is 0 Å². The summed E-state index contributed by atoms with van der Waals surface area (Å²) in [5.74, 6) is -0.0615. The third-order valence-electron chi connectivity index (χ3n) is 2.41. The van der Waals surface area contributed by atoms with Gasteiger partial charge in [-0.25, -0.2) is 0 Å². The lowest BCUT2D eigenvalue weighted by Gasteiger charge is -2.24. The Morgan fingerprint density at radius 3 is 2.50 bits per heavy atom. The first kappa shape index (κ1) is 13.4. The lowest BCUT2D eigenvalue weighted by molar-refractivity contribution is -0.120. The first-order valence-electron chi connectivity index (χ1n) is 5.48. The van der Waals surface area contributed by atoms with Crippen molar-refractivity contribution < 1.29 is 4.79 Å². The summed E-state index contributed by atoms with van der Waals surface area (Å²) in [4.78, 5) is 11.0. The smallest absolute Gasteiger partial charge is 0.233 e. The molecule has 0 aromatic rings. The summed E-state index contributed by atoms with van der Waals surface area (Å²) in [6, 6.07) is 0. The van der Waals surface area contributed by atoms with Crippen molar-refractivity contribution in [3.8, 4) is 0 Å². The summed E-state index contributed by atoms with van der Waals surface area (Å²) in [6.45, 7) is 7.37. The number of rotatable bonds is 7. The number of unbranched alkanes of at least 4 members (excludes halogenated alkanes) is 2. The Morgan fingerprint density at radius 2 is 2.00 bits per heavy atom. The first-order chi connectivity index (χ1) is 6.52. The molecule has 0 saturated carbocycles. The zero-order valence-electron chi connectivity index (χ0n) is 9.73. The van der Waals surface area contributed by atoms with E-state index in [4.69, 9.17) is 5.73 Å². The van der Waals surface area contributed by atoms with E-state index in [1.165, 1.54) is 19.3 Å². The molecule has 0 saturated heterocycles. The fraction of sp³-hybridized carbons (Fsp3) is 0.909. The van der Waals surface area contributed by atoms with Gasteiger partial charge in [-0.3, -0.25) is 4.79 Å². The molecule has 3 heteroatoms. The van der Waals surface area contributed by atoms with Gasteiger partial charge in [0.05, 0.1) is 6.54 Å². The van der Waals surface area contributed by atoms with Crippen LogP contribution in [0.5, 0.6) is 0 Å². The van der Waals surface area contributed by atoms with Gasteiger partial charge in [-0.2, -0.15) is 0 Å². The molecule has 84 valence electrons. The summed E-state index contributed by atoms with van der Waals surface area (Å²) in [7, 11) is 0. The molecule has 0 aromatic carbocycles. The molecule has 0 atom stereocenters. The third kappa shape index (κ3) is 6.89. The highest BCUT2D eigenvalue weighted by Gasteiger charge is 2.17. The van der Waals surface area contributed by atoms with Crippen molar-refractivity contribution in [2.24, 2.45) is 11.1 Å². The van der Waals surface area contributed by atoms with E-state index in [2.05, 4.69) is 26.1 Å². The van der Waals surface area contributed by atoms with Gasteiger partial charge in [0.1, 0.15) is 0 Å². The molecule has 0 aliphatic rings. The number of hydrogen-bond donors (Lipinski definition) is 2. The maximum atomic E-state index is 11.0. The van der Waals surface area contributed by atoms with Crippen LogP contribution in [-0.4, -0.2) is 19.0 Å². The normalized spacial score (nSPS) is 11.4. The van der Waals surface area contributed by atoms with Crippen LogP contribution in [0.4, 0.5) is 0 Å². The third-order valence-corrected chi connectivity index (χ3v) is 2.41. The van der Waals surface area contributed by atoms with Crippen molar-refractivity contribution in [3.05, 3.63) is 0 Å². The number of nitrogens with one attached hydrogen (secondary N) is 1. The minimum atomic E-state index is -0.0615. The number of hydrogen-bond acceptors (Lipinski definition) is 2. The molecule has 0 unspecified atom stereocenters. The van der Waals surface area contributed by atoms with Gasteiger partial charge in [-0.05, 0) is 11.8 Å². The van der Waals surface area contributed by atoms with Crippen molar-refractivity contribution in [1.82, 2.24) is 5.32 Å². The van der Waals surface area contributed by atoms with E-state index in [9.17, 15) is 4.79 Å². The molecular formula is C11H24N2O. The monoisotopic (exact) mass is 200 g/mol. The highest BCUT2D eigenvalue weighted by atomic mass is 16.1. The summed E-state index contributed by atoms with van der Waals surface area (Å²) < 4.78 is 0. The van der Waals surface area contributed by atoms with Crippen LogP contribution < -0.4 is 11.1 Å². The van der Waals surface area contributed by atoms with Gasteiger partial charge in [0.2, 0.25) is 5.91 Å². The average molecular weight is 200 g/mol. The first-order valence-corrected chi connectivity index (χ1v) is 5.48. The van der Waals surface area contributed by atoms with Gasteiger partial charge in [0.25, 0.3) is 0 Å². The summed E-state index contributed by atoms with van der Waals surface area (Å²) in [5, 5.41) is 2.84. The van der Waals surface area contributed by atoms with E-state index in [-0.39, 0.29) is 17.9 Å². The number of carbonyl (C=O) groups is 1. The molecule has 0 bridgehead atoms. The summed E-state index contributed by atoms with van der Waals surface area (Å²) in [6.07, 6.45) is 4.91. The highest BCUT2D eigenvalue weighted by molar-refractivity contribution is 5.77. The largest absolute Gasteiger partial charge is 0.354 e. The van der Waals surface area contributed by atoms with Crippen molar-refractivity contribution in [1.29, 1.82) is 0 Å². The highest BCUT2D eigenvalue weighted by Crippen LogP contribution is 2.22. The predicted molar refractivity (Wildman–Crippen MR) is 60.0 cm³/mol. The second-order valence-corrected chi connectivity index (χ2v) is 4.60. The molecule has 14 heavy (non-hydrogen) atoms. The Bertz CT molecular complexity index is 167. The molecule has 0 aliphatic carbocycles. The Hall–Kier alpha value is -0.570. The van der Waals surface area contributed by atoms with Crippen LogP contribution in [0.3, 0.4) is 0 Å². The SMILES string of the molecule is CCCCCC(C)(C)CNC(=O)CN. The molecule has 0 rings (SSSR count). The molecule has 3 nitrogen and oxygen atoms in total. The molecule has 0 aliphatic heterocycles. The van der Waals surface area contributed by atoms with Gasteiger partial charge in [-0.15, -0.1) is 0 Å². The predicted octanol–water partition coefficient (Wildman–Crippen LogP) is 1.67. The standard InChI is InChI=1S/C11H24N2O/c1-4-5-6-7-11(2,3)9-13-10(14)8-12/h4-9,12H2,1-3H3,(H,13,14). The van der Waals surface area contributed by atoms with Crippen LogP contribution in [0.25, 0.3) is 0 Å². The van der Waals surface area contributed by atoms with Gasteiger partial charge in [-0.1, -0.05) is 40.0 Å². The van der Waals surface area contributed by atoms with Crippen LogP contribution >= 0.6 is 0 Å². The van der Waals surface area contributed by atoms with Gasteiger partial charge in [0, 0.05) is 6.54 Å². The minimum absolute atomic E-state index is 0.0615. The molecule has 1 amide bonds. The number of nitrogens with two attached hydrogens (primary N) is 1. The Balaban J connectivity index is 3.65. The van der Waals surface area contributed by atoms with E-state index in [0.29, 0.717) is 0 Å². The lowest BCUT2D eigenvalue weighted by Crippen LogP contribution is -2.37. The minimum Gasteiger partial charge on any atom is -0.354 e. The van der Waals surface area contributed by atoms with Gasteiger partial charge in [0.15, 0.2) is 0 Å². The van der Waals surface area contributed by atoms with Crippen molar-refractivity contribution in [2.75, 3.05) is 13.1 Å². The second-order valence-electron chi connectivity index (χ2n) is 4.60. The zero-order chi connectivity index (χ0) is 11.0. The Morgan fingerprint density at radius 1 is 1.36 bits per heavy atom. The molecule has 0 aromatic heterocycles. The quantitative estimate of drug-likeness (QED) is 0.614. The van der Waals surface area contributed by atoms with Crippen LogP contribution in [0.15, 0.2) is 0 Å². The van der Waals surface area contributed by atoms with Crippen LogP contribution in [0.1, 0.15) is 46.5 Å². The maximum absolute atomic E-state index is 11.0. The molecular weight excluding hydrogens is 176 g/mol. The van der Waals surface area contributed by atoms with Gasteiger partial charge < -0.3 is 11.1 Å². The number of carbonyl (C=O) groups excluding carboxylic acids is 1. The molecule has 0 spiro atoms. The molecule has 0 heterocycles. The zero-order valence-corrected chi connectivity index (χ0v) is 9.73. The van der Waals surface area contributed by atoms with Crippen molar-refractivity contribution in [2.45, 2.75) is 46.5 Å². The van der Waals surface area contributed by atoms with Crippen molar-refractivity contribution >= 4 is 5.91 Å². The second kappa shape index (κ2) is 6.82. The molecule has 0 radical (unpaired) electrons. The summed E-state index contributed by atoms with van der Waals surface area (Å²) >= 11 is 0. The van der Waals surface area contributed by atoms with E-state index < -0.39 is 0 Å².